The Morgan fingerprint density at radius 3 is 1.71 bits per heavy atom. The van der Waals surface area contributed by atoms with Crippen LogP contribution in [0.1, 0.15) is 79.1 Å². The Kier molecular flexibility index (Phi) is 10.6. The number of hydrogen-bond donors (Lipinski definition) is 0. The molecule has 0 heterocycles. The first-order valence-corrected chi connectivity index (χ1v) is 7.49. The molecule has 0 rings (SSSR count). The summed E-state index contributed by atoms with van der Waals surface area (Å²) < 4.78 is 0. The van der Waals surface area contributed by atoms with Gasteiger partial charge < -0.3 is 4.79 Å². The molecule has 0 aliphatic heterocycles. The molecule has 2 unspecified atom stereocenters. The molecule has 0 aliphatic rings. The molecule has 0 radical (unpaired) electrons. The van der Waals surface area contributed by atoms with Crippen molar-refractivity contribution in [1.82, 2.24) is 0 Å². The first-order chi connectivity index (χ1) is 8.06. The molecule has 0 aliphatic carbocycles. The lowest BCUT2D eigenvalue weighted by Crippen LogP contribution is -2.00. The molecule has 0 amide bonds. The van der Waals surface area contributed by atoms with Gasteiger partial charge in [-0.25, -0.2) is 0 Å². The van der Waals surface area contributed by atoms with Gasteiger partial charge in [-0.3, -0.25) is 0 Å². The molecular formula is C16H32O. The van der Waals surface area contributed by atoms with Crippen LogP contribution in [0.5, 0.6) is 0 Å². The van der Waals surface area contributed by atoms with E-state index < -0.39 is 0 Å². The van der Waals surface area contributed by atoms with Gasteiger partial charge in [0, 0.05) is 6.42 Å². The Morgan fingerprint density at radius 2 is 1.24 bits per heavy atom. The maximum absolute atomic E-state index is 10.3. The third kappa shape index (κ3) is 11.9. The van der Waals surface area contributed by atoms with Crippen LogP contribution in [-0.4, -0.2) is 6.29 Å². The number of carbonyl (C=O) groups excluding carboxylic acids is 1. The van der Waals surface area contributed by atoms with Crippen molar-refractivity contribution < 1.29 is 4.79 Å². The third-order valence-electron chi connectivity index (χ3n) is 3.65. The summed E-state index contributed by atoms with van der Waals surface area (Å²) in [5, 5.41) is 0. The van der Waals surface area contributed by atoms with Crippen LogP contribution in [0.3, 0.4) is 0 Å². The summed E-state index contributed by atoms with van der Waals surface area (Å²) >= 11 is 0. The first kappa shape index (κ1) is 16.7. The monoisotopic (exact) mass is 240 g/mol. The van der Waals surface area contributed by atoms with Crippen LogP contribution in [0.4, 0.5) is 0 Å². The molecule has 0 aromatic rings. The van der Waals surface area contributed by atoms with E-state index in [1.807, 2.05) is 0 Å². The van der Waals surface area contributed by atoms with Gasteiger partial charge in [-0.05, 0) is 24.2 Å². The summed E-state index contributed by atoms with van der Waals surface area (Å²) in [5.74, 6) is 2.46. The van der Waals surface area contributed by atoms with Crippen molar-refractivity contribution in [3.63, 3.8) is 0 Å². The number of hydrogen-bond acceptors (Lipinski definition) is 1. The Balaban J connectivity index is 3.37. The number of aldehydes is 1. The molecule has 102 valence electrons. The Hall–Kier alpha value is -0.330. The van der Waals surface area contributed by atoms with E-state index in [1.54, 1.807) is 0 Å². The maximum atomic E-state index is 10.3. The lowest BCUT2D eigenvalue weighted by atomic mass is 9.92. The summed E-state index contributed by atoms with van der Waals surface area (Å²) in [6.07, 6.45) is 11.0. The van der Waals surface area contributed by atoms with E-state index in [9.17, 15) is 4.79 Å². The molecule has 0 saturated carbocycles. The second-order valence-corrected chi connectivity index (χ2v) is 6.21. The molecular weight excluding hydrogens is 208 g/mol. The predicted octanol–water partition coefficient (Wildman–Crippen LogP) is 5.23. The van der Waals surface area contributed by atoms with Gasteiger partial charge in [0.2, 0.25) is 0 Å². The van der Waals surface area contributed by atoms with Crippen molar-refractivity contribution in [1.29, 1.82) is 0 Å². The average molecular weight is 240 g/mol. The van der Waals surface area contributed by atoms with Crippen LogP contribution < -0.4 is 0 Å². The fourth-order valence-electron chi connectivity index (χ4n) is 2.33. The van der Waals surface area contributed by atoms with E-state index >= 15 is 0 Å². The Morgan fingerprint density at radius 1 is 0.765 bits per heavy atom. The number of carbonyl (C=O) groups is 1. The lowest BCUT2D eigenvalue weighted by molar-refractivity contribution is -0.108. The quantitative estimate of drug-likeness (QED) is 0.452. The molecule has 1 nitrogen and oxygen atoms in total. The zero-order valence-corrected chi connectivity index (χ0v) is 12.4. The minimum Gasteiger partial charge on any atom is -0.303 e. The summed E-state index contributed by atoms with van der Waals surface area (Å²) in [4.78, 5) is 10.3. The normalized spacial score (nSPS) is 14.9. The molecule has 0 aromatic heterocycles. The topological polar surface area (TPSA) is 17.1 Å². The molecule has 0 N–H and O–H groups in total. The molecule has 0 spiro atoms. The van der Waals surface area contributed by atoms with Gasteiger partial charge in [0.25, 0.3) is 0 Å². The van der Waals surface area contributed by atoms with Crippen LogP contribution >= 0.6 is 0 Å². The van der Waals surface area contributed by atoms with Gasteiger partial charge in [-0.1, -0.05) is 66.2 Å². The van der Waals surface area contributed by atoms with Gasteiger partial charge in [0.15, 0.2) is 0 Å². The van der Waals surface area contributed by atoms with E-state index in [0.717, 1.165) is 36.9 Å². The van der Waals surface area contributed by atoms with Crippen molar-refractivity contribution in [2.24, 2.45) is 17.8 Å². The smallest absolute Gasteiger partial charge is 0.120 e. The summed E-state index contributed by atoms with van der Waals surface area (Å²) in [6, 6.07) is 0. The van der Waals surface area contributed by atoms with Crippen LogP contribution in [0.15, 0.2) is 0 Å². The van der Waals surface area contributed by atoms with Crippen molar-refractivity contribution in [3.8, 4) is 0 Å². The fourth-order valence-corrected chi connectivity index (χ4v) is 2.33. The molecule has 0 saturated heterocycles. The van der Waals surface area contributed by atoms with Gasteiger partial charge in [0.1, 0.15) is 6.29 Å². The van der Waals surface area contributed by atoms with Crippen LogP contribution in [-0.2, 0) is 4.79 Å². The average Bonchev–Trinajstić information content (AvgIpc) is 2.25. The van der Waals surface area contributed by atoms with Gasteiger partial charge in [-0.15, -0.1) is 0 Å². The van der Waals surface area contributed by atoms with Crippen LogP contribution in [0, 0.1) is 17.8 Å². The van der Waals surface area contributed by atoms with Crippen LogP contribution in [0.2, 0.25) is 0 Å². The van der Waals surface area contributed by atoms with Crippen molar-refractivity contribution in [2.45, 2.75) is 79.1 Å². The molecule has 17 heavy (non-hydrogen) atoms. The molecule has 0 fully saturated rings. The van der Waals surface area contributed by atoms with Crippen molar-refractivity contribution in [2.75, 3.05) is 0 Å². The summed E-state index contributed by atoms with van der Waals surface area (Å²) in [6.45, 7) is 9.27. The molecule has 0 aromatic carbocycles. The summed E-state index contributed by atoms with van der Waals surface area (Å²) in [5.41, 5.74) is 0. The minimum atomic E-state index is 0.725. The van der Waals surface area contributed by atoms with E-state index in [4.69, 9.17) is 0 Å². The zero-order valence-electron chi connectivity index (χ0n) is 12.4. The SMILES string of the molecule is CC(C)CCCC(C)CCCC(C)CCC=O. The molecule has 1 heteroatoms. The van der Waals surface area contributed by atoms with E-state index in [2.05, 4.69) is 27.7 Å². The fraction of sp³-hybridized carbons (Fsp3) is 0.938. The summed E-state index contributed by atoms with van der Waals surface area (Å²) in [7, 11) is 0. The maximum Gasteiger partial charge on any atom is 0.120 e. The van der Waals surface area contributed by atoms with Gasteiger partial charge in [0.05, 0.1) is 0 Å². The van der Waals surface area contributed by atoms with Crippen molar-refractivity contribution >= 4 is 6.29 Å². The van der Waals surface area contributed by atoms with Gasteiger partial charge >= 0.3 is 0 Å². The highest BCUT2D eigenvalue weighted by atomic mass is 16.1. The molecule has 0 bridgehead atoms. The Labute approximate surface area is 108 Å². The predicted molar refractivity (Wildman–Crippen MR) is 76.2 cm³/mol. The van der Waals surface area contributed by atoms with Crippen molar-refractivity contribution in [3.05, 3.63) is 0 Å². The van der Waals surface area contributed by atoms with E-state index in [-0.39, 0.29) is 0 Å². The Bertz CT molecular complexity index is 174. The molecule has 2 atom stereocenters. The first-order valence-electron chi connectivity index (χ1n) is 7.49. The standard InChI is InChI=1S/C16H32O/c1-14(2)8-5-9-15(3)10-6-11-16(4)12-7-13-17/h13-16H,5-12H2,1-4H3. The number of rotatable bonds is 11. The largest absolute Gasteiger partial charge is 0.303 e. The third-order valence-corrected chi connectivity index (χ3v) is 3.65. The lowest BCUT2D eigenvalue weighted by Gasteiger charge is -2.14. The minimum absolute atomic E-state index is 0.725. The highest BCUT2D eigenvalue weighted by Crippen LogP contribution is 2.20. The van der Waals surface area contributed by atoms with E-state index in [0.29, 0.717) is 0 Å². The highest BCUT2D eigenvalue weighted by Gasteiger charge is 2.06. The van der Waals surface area contributed by atoms with Gasteiger partial charge in [-0.2, -0.15) is 0 Å². The van der Waals surface area contributed by atoms with Crippen LogP contribution in [0.25, 0.3) is 0 Å². The highest BCUT2D eigenvalue weighted by molar-refractivity contribution is 5.49. The van der Waals surface area contributed by atoms with E-state index in [1.165, 1.54) is 38.5 Å². The second kappa shape index (κ2) is 10.8. The zero-order chi connectivity index (χ0) is 13.1. The second-order valence-electron chi connectivity index (χ2n) is 6.21.